The Bertz CT molecular complexity index is 618. The Morgan fingerprint density at radius 3 is 2.00 bits per heavy atom. The molecule has 1 aromatic carbocycles. The number of nitrogens with one attached hydrogen (secondary N) is 1. The summed E-state index contributed by atoms with van der Waals surface area (Å²) >= 11 is 0. The van der Waals surface area contributed by atoms with Crippen LogP contribution in [0.15, 0.2) is 30.3 Å². The first kappa shape index (κ1) is 14.7. The molecule has 4 aliphatic carbocycles. The van der Waals surface area contributed by atoms with Gasteiger partial charge in [-0.15, -0.1) is 0 Å². The number of hydrogen-bond acceptors (Lipinski definition) is 2. The summed E-state index contributed by atoms with van der Waals surface area (Å²) in [6.07, 6.45) is 7.15. The Hall–Kier alpha value is -0.870. The van der Waals surface area contributed by atoms with Crippen molar-refractivity contribution < 1.29 is 8.42 Å². The highest BCUT2D eigenvalue weighted by molar-refractivity contribution is 7.89. The van der Waals surface area contributed by atoms with Crippen LogP contribution in [0.1, 0.15) is 56.3 Å². The standard InChI is InChI=1S/C18H25NO2S/c1-13(17-5-3-2-4-6-17)22(20,21)19-18-10-14-7-15(11-18)9-16(8-14)12-18/h2-6,13-16,19H,7-12H2,1H3/t13-,14?,15?,16?,18?/m1/s1. The predicted molar refractivity (Wildman–Crippen MR) is 87.8 cm³/mol. The van der Waals surface area contributed by atoms with E-state index < -0.39 is 15.3 Å². The van der Waals surface area contributed by atoms with Gasteiger partial charge in [0.05, 0.1) is 5.25 Å². The maximum absolute atomic E-state index is 12.9. The van der Waals surface area contributed by atoms with Gasteiger partial charge >= 0.3 is 0 Å². The summed E-state index contributed by atoms with van der Waals surface area (Å²) in [5.74, 6) is 2.25. The zero-order valence-electron chi connectivity index (χ0n) is 13.2. The average Bonchev–Trinajstić information content (AvgIpc) is 2.44. The first-order chi connectivity index (χ1) is 10.5. The van der Waals surface area contributed by atoms with Crippen molar-refractivity contribution in [3.8, 4) is 0 Å². The molecule has 5 rings (SSSR count). The molecule has 0 aliphatic heterocycles. The van der Waals surface area contributed by atoms with Crippen molar-refractivity contribution in [1.82, 2.24) is 4.72 Å². The van der Waals surface area contributed by atoms with Crippen molar-refractivity contribution >= 4 is 10.0 Å². The van der Waals surface area contributed by atoms with Gasteiger partial charge in [-0.25, -0.2) is 13.1 Å². The summed E-state index contributed by atoms with van der Waals surface area (Å²) in [6, 6.07) is 9.56. The second-order valence-electron chi connectivity index (χ2n) is 7.90. The van der Waals surface area contributed by atoms with Gasteiger partial charge in [0.1, 0.15) is 0 Å². The zero-order chi connectivity index (χ0) is 15.4. The van der Waals surface area contributed by atoms with Gasteiger partial charge in [0.15, 0.2) is 0 Å². The smallest absolute Gasteiger partial charge is 0.212 e. The molecule has 3 nitrogen and oxygen atoms in total. The molecule has 0 heterocycles. The van der Waals surface area contributed by atoms with E-state index in [1.807, 2.05) is 30.3 Å². The number of benzene rings is 1. The van der Waals surface area contributed by atoms with Crippen LogP contribution < -0.4 is 4.72 Å². The minimum absolute atomic E-state index is 0.142. The maximum Gasteiger partial charge on any atom is 0.218 e. The molecule has 0 amide bonds. The third-order valence-corrected chi connectivity index (χ3v) is 8.05. The normalized spacial score (nSPS) is 38.1. The third-order valence-electron chi connectivity index (χ3n) is 6.13. The van der Waals surface area contributed by atoms with Gasteiger partial charge in [-0.3, -0.25) is 0 Å². The van der Waals surface area contributed by atoms with Crippen LogP contribution in [0.4, 0.5) is 0 Å². The third kappa shape index (κ3) is 2.50. The van der Waals surface area contributed by atoms with Crippen LogP contribution in [-0.4, -0.2) is 14.0 Å². The van der Waals surface area contributed by atoms with Gasteiger partial charge in [-0.2, -0.15) is 0 Å². The first-order valence-electron chi connectivity index (χ1n) is 8.53. The highest BCUT2D eigenvalue weighted by Crippen LogP contribution is 2.56. The Kier molecular flexibility index (Phi) is 3.39. The molecule has 4 aliphatic rings. The second-order valence-corrected chi connectivity index (χ2v) is 9.90. The lowest BCUT2D eigenvalue weighted by Crippen LogP contribution is -2.60. The van der Waals surface area contributed by atoms with E-state index >= 15 is 0 Å². The highest BCUT2D eigenvalue weighted by atomic mass is 32.2. The van der Waals surface area contributed by atoms with E-state index in [4.69, 9.17) is 0 Å². The summed E-state index contributed by atoms with van der Waals surface area (Å²) in [6.45, 7) is 1.80. The number of rotatable bonds is 4. The fourth-order valence-electron chi connectivity index (χ4n) is 5.53. The van der Waals surface area contributed by atoms with Crippen LogP contribution in [0.2, 0.25) is 0 Å². The van der Waals surface area contributed by atoms with Crippen molar-refractivity contribution in [2.45, 2.75) is 56.2 Å². The zero-order valence-corrected chi connectivity index (χ0v) is 14.0. The second kappa shape index (κ2) is 5.07. The van der Waals surface area contributed by atoms with E-state index in [0.717, 1.165) is 42.6 Å². The molecule has 0 unspecified atom stereocenters. The van der Waals surface area contributed by atoms with E-state index in [-0.39, 0.29) is 5.54 Å². The Balaban J connectivity index is 1.57. The summed E-state index contributed by atoms with van der Waals surface area (Å²) in [5, 5.41) is -0.485. The van der Waals surface area contributed by atoms with Crippen LogP contribution in [0.3, 0.4) is 0 Å². The molecule has 22 heavy (non-hydrogen) atoms. The van der Waals surface area contributed by atoms with Crippen molar-refractivity contribution in [2.24, 2.45) is 17.8 Å². The Morgan fingerprint density at radius 2 is 1.50 bits per heavy atom. The van der Waals surface area contributed by atoms with Gasteiger partial charge in [0.25, 0.3) is 0 Å². The van der Waals surface area contributed by atoms with E-state index in [9.17, 15) is 8.42 Å². The molecule has 4 bridgehead atoms. The minimum Gasteiger partial charge on any atom is -0.212 e. The molecule has 1 N–H and O–H groups in total. The lowest BCUT2D eigenvalue weighted by molar-refractivity contribution is -0.00821. The first-order valence-corrected chi connectivity index (χ1v) is 10.1. The fraction of sp³-hybridized carbons (Fsp3) is 0.667. The molecule has 0 spiro atoms. The van der Waals surface area contributed by atoms with Crippen molar-refractivity contribution in [1.29, 1.82) is 0 Å². The van der Waals surface area contributed by atoms with Crippen molar-refractivity contribution in [3.05, 3.63) is 35.9 Å². The van der Waals surface area contributed by atoms with E-state index in [0.29, 0.717) is 0 Å². The molecular formula is C18H25NO2S. The Labute approximate surface area is 133 Å². The maximum atomic E-state index is 12.9. The van der Waals surface area contributed by atoms with Crippen molar-refractivity contribution in [2.75, 3.05) is 0 Å². The Morgan fingerprint density at radius 1 is 1.00 bits per heavy atom. The molecule has 0 radical (unpaired) electrons. The molecule has 0 aromatic heterocycles. The van der Waals surface area contributed by atoms with Crippen LogP contribution in [0.5, 0.6) is 0 Å². The monoisotopic (exact) mass is 319 g/mol. The molecule has 1 aromatic rings. The average molecular weight is 319 g/mol. The lowest BCUT2D eigenvalue weighted by atomic mass is 9.53. The lowest BCUT2D eigenvalue weighted by Gasteiger charge is -2.56. The molecular weight excluding hydrogens is 294 g/mol. The van der Waals surface area contributed by atoms with Gasteiger partial charge < -0.3 is 0 Å². The van der Waals surface area contributed by atoms with Crippen LogP contribution in [0.25, 0.3) is 0 Å². The minimum atomic E-state index is -3.33. The van der Waals surface area contributed by atoms with Crippen LogP contribution in [-0.2, 0) is 10.0 Å². The van der Waals surface area contributed by atoms with E-state index in [1.165, 1.54) is 19.3 Å². The van der Waals surface area contributed by atoms with Crippen molar-refractivity contribution in [3.63, 3.8) is 0 Å². The predicted octanol–water partition coefficient (Wildman–Crippen LogP) is 3.64. The van der Waals surface area contributed by atoms with Gasteiger partial charge in [0, 0.05) is 5.54 Å². The topological polar surface area (TPSA) is 46.2 Å². The molecule has 4 heteroatoms. The number of hydrogen-bond donors (Lipinski definition) is 1. The molecule has 4 saturated carbocycles. The SMILES string of the molecule is C[C@H](c1ccccc1)S(=O)(=O)NC12CC3CC(CC(C3)C1)C2. The largest absolute Gasteiger partial charge is 0.218 e. The van der Waals surface area contributed by atoms with E-state index in [2.05, 4.69) is 4.72 Å². The molecule has 4 fully saturated rings. The van der Waals surface area contributed by atoms with E-state index in [1.54, 1.807) is 6.92 Å². The molecule has 0 saturated heterocycles. The summed E-state index contributed by atoms with van der Waals surface area (Å²) < 4.78 is 29.0. The highest BCUT2D eigenvalue weighted by Gasteiger charge is 2.52. The van der Waals surface area contributed by atoms with Crippen LogP contribution in [0, 0.1) is 17.8 Å². The van der Waals surface area contributed by atoms with Gasteiger partial charge in [-0.05, 0) is 68.8 Å². The van der Waals surface area contributed by atoms with Gasteiger partial charge in [-0.1, -0.05) is 30.3 Å². The van der Waals surface area contributed by atoms with Gasteiger partial charge in [0.2, 0.25) is 10.0 Å². The summed E-state index contributed by atoms with van der Waals surface area (Å²) in [4.78, 5) is 0. The summed E-state index contributed by atoms with van der Waals surface area (Å²) in [7, 11) is -3.33. The summed E-state index contributed by atoms with van der Waals surface area (Å²) in [5.41, 5.74) is 0.733. The molecule has 120 valence electrons. The molecule has 1 atom stereocenters. The quantitative estimate of drug-likeness (QED) is 0.921. The van der Waals surface area contributed by atoms with Crippen LogP contribution >= 0.6 is 0 Å². The fourth-order valence-corrected chi connectivity index (χ4v) is 7.07. The number of sulfonamides is 1.